The van der Waals surface area contributed by atoms with E-state index in [2.05, 4.69) is 10.6 Å². The maximum absolute atomic E-state index is 12.6. The molecule has 1 amide bonds. The van der Waals surface area contributed by atoms with Gasteiger partial charge < -0.3 is 15.4 Å². The Hall–Kier alpha value is -2.40. The van der Waals surface area contributed by atoms with Gasteiger partial charge in [0.1, 0.15) is 11.7 Å². The lowest BCUT2D eigenvalue weighted by molar-refractivity contribution is -0.384. The number of nitro groups is 1. The van der Waals surface area contributed by atoms with Crippen molar-refractivity contribution >= 4 is 17.3 Å². The quantitative estimate of drug-likeness (QED) is 0.391. The van der Waals surface area contributed by atoms with Crippen molar-refractivity contribution in [3.8, 4) is 0 Å². The average Bonchev–Trinajstić information content (AvgIpc) is 2.61. The Bertz CT molecular complexity index is 699. The van der Waals surface area contributed by atoms with E-state index in [1.54, 1.807) is 19.1 Å². The third kappa shape index (κ3) is 6.64. The molecule has 0 aliphatic carbocycles. The molecule has 0 unspecified atom stereocenters. The monoisotopic (exact) mass is 404 g/mol. The smallest absolute Gasteiger partial charge is 0.379 e. The van der Waals surface area contributed by atoms with Crippen LogP contribution in [-0.2, 0) is 9.53 Å². The fourth-order valence-electron chi connectivity index (χ4n) is 2.88. The van der Waals surface area contributed by atoms with Crippen molar-refractivity contribution in [3.63, 3.8) is 0 Å². The molecule has 156 valence electrons. The summed E-state index contributed by atoms with van der Waals surface area (Å²) in [7, 11) is 0. The van der Waals surface area contributed by atoms with Crippen LogP contribution in [0, 0.1) is 17.0 Å². The van der Waals surface area contributed by atoms with Gasteiger partial charge in [0.05, 0.1) is 24.7 Å². The molecule has 11 heteroatoms. The van der Waals surface area contributed by atoms with Crippen LogP contribution in [0.1, 0.15) is 12.0 Å². The first-order valence-electron chi connectivity index (χ1n) is 8.82. The second-order valence-corrected chi connectivity index (χ2v) is 6.53. The van der Waals surface area contributed by atoms with Crippen LogP contribution in [0.15, 0.2) is 18.2 Å². The molecule has 1 fully saturated rings. The summed E-state index contributed by atoms with van der Waals surface area (Å²) in [6.45, 7) is 1.28. The van der Waals surface area contributed by atoms with Crippen LogP contribution < -0.4 is 10.6 Å². The minimum atomic E-state index is -4.39. The van der Waals surface area contributed by atoms with E-state index >= 15 is 0 Å². The lowest BCUT2D eigenvalue weighted by Gasteiger charge is -2.34. The van der Waals surface area contributed by atoms with Crippen LogP contribution in [0.25, 0.3) is 0 Å². The Morgan fingerprint density at radius 1 is 1.39 bits per heavy atom. The molecule has 1 heterocycles. The zero-order chi connectivity index (χ0) is 20.7. The van der Waals surface area contributed by atoms with Crippen LogP contribution in [0.2, 0.25) is 0 Å². The molecule has 0 saturated carbocycles. The summed E-state index contributed by atoms with van der Waals surface area (Å²) in [6, 6.07) is 3.83. The topological polar surface area (TPSA) is 96.7 Å². The van der Waals surface area contributed by atoms with Gasteiger partial charge in [0.2, 0.25) is 5.91 Å². The highest BCUT2D eigenvalue weighted by molar-refractivity contribution is 5.82. The zero-order valence-corrected chi connectivity index (χ0v) is 15.4. The fraction of sp³-hybridized carbons (Fsp3) is 0.588. The number of amides is 1. The zero-order valence-electron chi connectivity index (χ0n) is 15.4. The van der Waals surface area contributed by atoms with Gasteiger partial charge in [-0.05, 0) is 25.0 Å². The van der Waals surface area contributed by atoms with E-state index in [9.17, 15) is 28.1 Å². The number of nitrogens with zero attached hydrogens (tertiary/aromatic N) is 2. The Morgan fingerprint density at radius 2 is 2.14 bits per heavy atom. The van der Waals surface area contributed by atoms with E-state index in [0.717, 1.165) is 10.5 Å². The first-order chi connectivity index (χ1) is 13.2. The SMILES string of the molecule is Cc1ccc(NCCCNC(=O)[C@H]2COCCN2CC(F)(F)F)c([N+](=O)[O-])c1. The number of hydrogen-bond acceptors (Lipinski definition) is 6. The number of rotatable bonds is 8. The van der Waals surface area contributed by atoms with Crippen LogP contribution >= 0.6 is 0 Å². The Morgan fingerprint density at radius 3 is 2.82 bits per heavy atom. The number of ether oxygens (including phenoxy) is 1. The van der Waals surface area contributed by atoms with E-state index in [-0.39, 0.29) is 32.0 Å². The van der Waals surface area contributed by atoms with Gasteiger partial charge in [-0.1, -0.05) is 6.07 Å². The number of aryl methyl sites for hydroxylation is 1. The predicted molar refractivity (Wildman–Crippen MR) is 96.2 cm³/mol. The molecule has 0 radical (unpaired) electrons. The molecule has 1 atom stereocenters. The van der Waals surface area contributed by atoms with Crippen LogP contribution in [0.3, 0.4) is 0 Å². The maximum Gasteiger partial charge on any atom is 0.401 e. The summed E-state index contributed by atoms with van der Waals surface area (Å²) in [5, 5.41) is 16.6. The van der Waals surface area contributed by atoms with Gasteiger partial charge in [0.25, 0.3) is 5.69 Å². The second-order valence-electron chi connectivity index (χ2n) is 6.53. The van der Waals surface area contributed by atoms with E-state index in [1.807, 2.05) is 0 Å². The molecule has 0 spiro atoms. The van der Waals surface area contributed by atoms with E-state index in [0.29, 0.717) is 18.7 Å². The van der Waals surface area contributed by atoms with Gasteiger partial charge in [-0.3, -0.25) is 19.8 Å². The van der Waals surface area contributed by atoms with Crippen molar-refractivity contribution < 1.29 is 27.6 Å². The number of nitrogens with one attached hydrogen (secondary N) is 2. The third-order valence-corrected chi connectivity index (χ3v) is 4.24. The Labute approximate surface area is 160 Å². The van der Waals surface area contributed by atoms with Crippen molar-refractivity contribution in [1.82, 2.24) is 10.2 Å². The summed E-state index contributed by atoms with van der Waals surface area (Å²) < 4.78 is 43.0. The number of hydrogen-bond donors (Lipinski definition) is 2. The lowest BCUT2D eigenvalue weighted by atomic mass is 10.2. The molecular weight excluding hydrogens is 381 g/mol. The highest BCUT2D eigenvalue weighted by Crippen LogP contribution is 2.25. The first kappa shape index (κ1) is 21.9. The molecule has 2 N–H and O–H groups in total. The van der Waals surface area contributed by atoms with E-state index in [4.69, 9.17) is 4.74 Å². The maximum atomic E-state index is 12.6. The van der Waals surface area contributed by atoms with Crippen LogP contribution in [-0.4, -0.2) is 67.3 Å². The Kier molecular flexibility index (Phi) is 7.58. The molecular formula is C17H23F3N4O4. The van der Waals surface area contributed by atoms with Crippen molar-refractivity contribution in [2.45, 2.75) is 25.6 Å². The van der Waals surface area contributed by atoms with E-state index < -0.39 is 29.6 Å². The largest absolute Gasteiger partial charge is 0.401 e. The molecule has 1 aromatic carbocycles. The molecule has 1 aromatic rings. The van der Waals surface area contributed by atoms with Gasteiger partial charge in [0, 0.05) is 25.7 Å². The van der Waals surface area contributed by atoms with Crippen LogP contribution in [0.5, 0.6) is 0 Å². The van der Waals surface area contributed by atoms with E-state index in [1.165, 1.54) is 6.07 Å². The summed E-state index contributed by atoms with van der Waals surface area (Å²) >= 11 is 0. The normalized spacial score (nSPS) is 17.9. The minimum absolute atomic E-state index is 0.0359. The standard InChI is InChI=1S/C17H23F3N4O4/c1-12-3-4-13(14(9-12)24(26)27)21-5-2-6-22-16(25)15-10-28-8-7-23(15)11-17(18,19)20/h3-4,9,15,21H,2,5-8,10-11H2,1H3,(H,22,25)/t15-/m1/s1. The number of nitro benzene ring substituents is 1. The number of halogens is 3. The number of carbonyl (C=O) groups is 1. The number of carbonyl (C=O) groups excluding carboxylic acids is 1. The van der Waals surface area contributed by atoms with Crippen molar-refractivity contribution in [2.24, 2.45) is 0 Å². The van der Waals surface area contributed by atoms with Gasteiger partial charge >= 0.3 is 6.18 Å². The van der Waals surface area contributed by atoms with Crippen molar-refractivity contribution in [1.29, 1.82) is 0 Å². The molecule has 0 aromatic heterocycles. The highest BCUT2D eigenvalue weighted by Gasteiger charge is 2.38. The molecule has 2 rings (SSSR count). The molecule has 1 aliphatic heterocycles. The van der Waals surface area contributed by atoms with Gasteiger partial charge in [-0.25, -0.2) is 0 Å². The molecule has 1 saturated heterocycles. The summed E-state index contributed by atoms with van der Waals surface area (Å²) in [5.41, 5.74) is 1.10. The highest BCUT2D eigenvalue weighted by atomic mass is 19.4. The molecule has 8 nitrogen and oxygen atoms in total. The fourth-order valence-corrected chi connectivity index (χ4v) is 2.88. The molecule has 0 bridgehead atoms. The summed E-state index contributed by atoms with van der Waals surface area (Å²) in [4.78, 5) is 23.9. The average molecular weight is 404 g/mol. The minimum Gasteiger partial charge on any atom is -0.379 e. The molecule has 28 heavy (non-hydrogen) atoms. The van der Waals surface area contributed by atoms with Crippen molar-refractivity contribution in [3.05, 3.63) is 33.9 Å². The predicted octanol–water partition coefficient (Wildman–Crippen LogP) is 2.08. The first-order valence-corrected chi connectivity index (χ1v) is 8.82. The third-order valence-electron chi connectivity index (χ3n) is 4.24. The Balaban J connectivity index is 1.78. The van der Waals surface area contributed by atoms with Gasteiger partial charge in [0.15, 0.2) is 0 Å². The number of benzene rings is 1. The lowest BCUT2D eigenvalue weighted by Crippen LogP contribution is -2.56. The second kappa shape index (κ2) is 9.69. The summed E-state index contributed by atoms with van der Waals surface area (Å²) in [5.74, 6) is -0.523. The number of alkyl halides is 3. The van der Waals surface area contributed by atoms with Gasteiger partial charge in [-0.2, -0.15) is 13.2 Å². The number of morpholine rings is 1. The van der Waals surface area contributed by atoms with Gasteiger partial charge in [-0.15, -0.1) is 0 Å². The van der Waals surface area contributed by atoms with Crippen LogP contribution in [0.4, 0.5) is 24.5 Å². The van der Waals surface area contributed by atoms with Crippen molar-refractivity contribution in [2.75, 3.05) is 44.7 Å². The summed E-state index contributed by atoms with van der Waals surface area (Å²) in [6.07, 6.45) is -3.94. The number of anilines is 1. The molecule has 1 aliphatic rings.